The van der Waals surface area contributed by atoms with Crippen molar-refractivity contribution < 1.29 is 28.2 Å². The molecule has 8 heteroatoms. The summed E-state index contributed by atoms with van der Waals surface area (Å²) >= 11 is 0. The molecule has 1 N–H and O–H groups in total. The van der Waals surface area contributed by atoms with E-state index in [-0.39, 0.29) is 24.6 Å². The molecular weight excluding hydrogens is 427 g/mol. The Morgan fingerprint density at radius 1 is 0.970 bits per heavy atom. The fourth-order valence-electron chi connectivity index (χ4n) is 3.82. The highest BCUT2D eigenvalue weighted by molar-refractivity contribution is 6.36. The van der Waals surface area contributed by atoms with E-state index in [1.54, 1.807) is 42.5 Å². The van der Waals surface area contributed by atoms with Gasteiger partial charge in [0.2, 0.25) is 6.79 Å². The number of hydrogen-bond donors (Lipinski definition) is 1. The Labute approximate surface area is 189 Å². The molecular formula is C25H19FN2O5. The highest BCUT2D eigenvalue weighted by atomic mass is 19.1. The maximum absolute atomic E-state index is 13.5. The number of amides is 2. The molecule has 0 aromatic heterocycles. The van der Waals surface area contributed by atoms with E-state index in [1.165, 1.54) is 31.4 Å². The van der Waals surface area contributed by atoms with Gasteiger partial charge in [0.05, 0.1) is 24.9 Å². The third kappa shape index (κ3) is 3.76. The number of hydrogen-bond acceptors (Lipinski definition) is 6. The predicted octanol–water partition coefficient (Wildman–Crippen LogP) is 3.96. The Balaban J connectivity index is 1.52. The van der Waals surface area contributed by atoms with Gasteiger partial charge < -0.3 is 19.5 Å². The van der Waals surface area contributed by atoms with Gasteiger partial charge in [-0.2, -0.15) is 0 Å². The van der Waals surface area contributed by atoms with Crippen LogP contribution in [0.25, 0.3) is 5.57 Å². The lowest BCUT2D eigenvalue weighted by atomic mass is 10.0. The molecule has 5 rings (SSSR count). The number of carbonyl (C=O) groups excluding carboxylic acids is 2. The normalized spacial score (nSPS) is 14.8. The molecule has 166 valence electrons. The molecule has 3 aromatic rings. The Morgan fingerprint density at radius 3 is 2.52 bits per heavy atom. The zero-order valence-corrected chi connectivity index (χ0v) is 17.6. The van der Waals surface area contributed by atoms with Gasteiger partial charge in [-0.1, -0.05) is 30.3 Å². The van der Waals surface area contributed by atoms with Gasteiger partial charge in [-0.15, -0.1) is 0 Å². The zero-order valence-electron chi connectivity index (χ0n) is 17.6. The molecule has 0 unspecified atom stereocenters. The highest BCUT2D eigenvalue weighted by Gasteiger charge is 2.39. The SMILES string of the molecule is COc1ccccc1NC1=C(c2ccc(F)cc2)C(=O)N(Cc2ccc3c(c2)OCO3)C1=O. The fourth-order valence-corrected chi connectivity index (χ4v) is 3.82. The molecule has 0 bridgehead atoms. The van der Waals surface area contributed by atoms with Crippen molar-refractivity contribution in [3.8, 4) is 17.2 Å². The van der Waals surface area contributed by atoms with E-state index in [9.17, 15) is 14.0 Å². The molecule has 0 radical (unpaired) electrons. The van der Waals surface area contributed by atoms with Gasteiger partial charge in [0.1, 0.15) is 17.3 Å². The number of imide groups is 1. The largest absolute Gasteiger partial charge is 0.495 e. The van der Waals surface area contributed by atoms with Crippen molar-refractivity contribution in [3.63, 3.8) is 0 Å². The molecule has 0 saturated heterocycles. The van der Waals surface area contributed by atoms with Crippen LogP contribution in [-0.4, -0.2) is 30.6 Å². The van der Waals surface area contributed by atoms with Crippen molar-refractivity contribution in [1.29, 1.82) is 0 Å². The first kappa shape index (κ1) is 20.6. The summed E-state index contributed by atoms with van der Waals surface area (Å²) in [5, 5.41) is 3.07. The molecule has 0 fully saturated rings. The average Bonchev–Trinajstić information content (AvgIpc) is 3.38. The zero-order chi connectivity index (χ0) is 22.9. The minimum Gasteiger partial charge on any atom is -0.495 e. The van der Waals surface area contributed by atoms with Crippen molar-refractivity contribution in [2.24, 2.45) is 0 Å². The van der Waals surface area contributed by atoms with Crippen LogP contribution in [0.5, 0.6) is 17.2 Å². The second-order valence-corrected chi connectivity index (χ2v) is 7.47. The lowest BCUT2D eigenvalue weighted by Gasteiger charge is -2.16. The number of ether oxygens (including phenoxy) is 3. The van der Waals surface area contributed by atoms with Crippen molar-refractivity contribution in [1.82, 2.24) is 4.90 Å². The summed E-state index contributed by atoms with van der Waals surface area (Å²) in [6.07, 6.45) is 0. The van der Waals surface area contributed by atoms with E-state index in [1.807, 2.05) is 0 Å². The molecule has 2 aliphatic heterocycles. The third-order valence-corrected chi connectivity index (χ3v) is 5.45. The van der Waals surface area contributed by atoms with Crippen molar-refractivity contribution in [2.45, 2.75) is 6.54 Å². The summed E-state index contributed by atoms with van der Waals surface area (Å²) in [5.41, 5.74) is 1.92. The first-order valence-corrected chi connectivity index (χ1v) is 10.2. The summed E-state index contributed by atoms with van der Waals surface area (Å²) in [5.74, 6) is 0.266. The second kappa shape index (κ2) is 8.31. The van der Waals surface area contributed by atoms with E-state index in [2.05, 4.69) is 5.32 Å². The van der Waals surface area contributed by atoms with Crippen molar-refractivity contribution in [2.75, 3.05) is 19.2 Å². The van der Waals surface area contributed by atoms with E-state index in [0.29, 0.717) is 34.1 Å². The molecule has 0 aliphatic carbocycles. The van der Waals surface area contributed by atoms with Crippen LogP contribution in [0.3, 0.4) is 0 Å². The van der Waals surface area contributed by atoms with Crippen LogP contribution in [0.2, 0.25) is 0 Å². The number of carbonyl (C=O) groups is 2. The summed E-state index contributed by atoms with van der Waals surface area (Å²) in [4.78, 5) is 28.0. The monoisotopic (exact) mass is 446 g/mol. The topological polar surface area (TPSA) is 77.1 Å². The molecule has 7 nitrogen and oxygen atoms in total. The first-order chi connectivity index (χ1) is 16.0. The van der Waals surface area contributed by atoms with Crippen LogP contribution in [0.4, 0.5) is 10.1 Å². The smallest absolute Gasteiger partial charge is 0.278 e. The number of para-hydroxylation sites is 2. The van der Waals surface area contributed by atoms with Crippen LogP contribution in [0.1, 0.15) is 11.1 Å². The molecule has 2 amide bonds. The molecule has 33 heavy (non-hydrogen) atoms. The van der Waals surface area contributed by atoms with Gasteiger partial charge in [-0.3, -0.25) is 14.5 Å². The van der Waals surface area contributed by atoms with Crippen LogP contribution in [0.15, 0.2) is 72.4 Å². The Morgan fingerprint density at radius 2 is 1.73 bits per heavy atom. The lowest BCUT2D eigenvalue weighted by Crippen LogP contribution is -2.32. The summed E-state index contributed by atoms with van der Waals surface area (Å²) < 4.78 is 29.6. The van der Waals surface area contributed by atoms with Gasteiger partial charge in [-0.05, 0) is 47.5 Å². The van der Waals surface area contributed by atoms with E-state index in [0.717, 1.165) is 4.90 Å². The molecule has 0 spiro atoms. The summed E-state index contributed by atoms with van der Waals surface area (Å²) in [6.45, 7) is 0.166. The van der Waals surface area contributed by atoms with Crippen molar-refractivity contribution in [3.05, 3.63) is 89.4 Å². The summed E-state index contributed by atoms with van der Waals surface area (Å²) in [7, 11) is 1.52. The lowest BCUT2D eigenvalue weighted by molar-refractivity contribution is -0.137. The fraction of sp³-hybridized carbons (Fsp3) is 0.120. The number of methoxy groups -OCH3 is 1. The molecule has 2 aliphatic rings. The minimum atomic E-state index is -0.497. The number of rotatable bonds is 6. The molecule has 0 saturated carbocycles. The number of nitrogens with zero attached hydrogens (tertiary/aromatic N) is 1. The van der Waals surface area contributed by atoms with E-state index >= 15 is 0 Å². The number of benzene rings is 3. The standard InChI is InChI=1S/C25H19FN2O5/c1-31-19-5-3-2-4-18(19)27-23-22(16-7-9-17(26)10-8-16)24(29)28(25(23)30)13-15-6-11-20-21(12-15)33-14-32-20/h2-12,27H,13-14H2,1H3. The Kier molecular flexibility index (Phi) is 5.18. The minimum absolute atomic E-state index is 0.0378. The van der Waals surface area contributed by atoms with Gasteiger partial charge >= 0.3 is 0 Å². The van der Waals surface area contributed by atoms with E-state index < -0.39 is 17.6 Å². The Bertz CT molecular complexity index is 1290. The van der Waals surface area contributed by atoms with Crippen molar-refractivity contribution >= 4 is 23.1 Å². The maximum Gasteiger partial charge on any atom is 0.278 e. The average molecular weight is 446 g/mol. The van der Waals surface area contributed by atoms with Gasteiger partial charge in [0.15, 0.2) is 11.5 Å². The molecule has 3 aromatic carbocycles. The quantitative estimate of drug-likeness (QED) is 0.578. The van der Waals surface area contributed by atoms with Gasteiger partial charge in [0, 0.05) is 0 Å². The van der Waals surface area contributed by atoms with Crippen LogP contribution in [-0.2, 0) is 16.1 Å². The van der Waals surface area contributed by atoms with Crippen LogP contribution >= 0.6 is 0 Å². The highest BCUT2D eigenvalue weighted by Crippen LogP contribution is 2.36. The summed E-state index contributed by atoms with van der Waals surface area (Å²) in [6, 6.07) is 17.8. The third-order valence-electron chi connectivity index (χ3n) is 5.45. The number of fused-ring (bicyclic) bond motifs is 1. The first-order valence-electron chi connectivity index (χ1n) is 10.2. The van der Waals surface area contributed by atoms with Gasteiger partial charge in [0.25, 0.3) is 11.8 Å². The number of halogens is 1. The maximum atomic E-state index is 13.5. The second-order valence-electron chi connectivity index (χ2n) is 7.47. The number of anilines is 1. The van der Waals surface area contributed by atoms with E-state index in [4.69, 9.17) is 14.2 Å². The Hall–Kier alpha value is -4.33. The van der Waals surface area contributed by atoms with Crippen LogP contribution < -0.4 is 19.5 Å². The molecule has 0 atom stereocenters. The van der Waals surface area contributed by atoms with Gasteiger partial charge in [-0.25, -0.2) is 4.39 Å². The molecule has 2 heterocycles. The number of nitrogens with one attached hydrogen (secondary N) is 1. The van der Waals surface area contributed by atoms with Crippen LogP contribution in [0, 0.1) is 5.82 Å². The predicted molar refractivity (Wildman–Crippen MR) is 118 cm³/mol.